The Morgan fingerprint density at radius 1 is 1.14 bits per heavy atom. The number of anilines is 2. The predicted molar refractivity (Wildman–Crippen MR) is 131 cm³/mol. The summed E-state index contributed by atoms with van der Waals surface area (Å²) in [6.07, 6.45) is -1.96. The van der Waals surface area contributed by atoms with E-state index in [1.807, 2.05) is 13.0 Å². The molecule has 0 aliphatic heterocycles. The number of nitrogens with zero attached hydrogens (tertiary/aromatic N) is 3. The minimum atomic E-state index is -4.59. The molecule has 0 spiro atoms. The predicted octanol–water partition coefficient (Wildman–Crippen LogP) is 5.39. The first-order valence-electron chi connectivity index (χ1n) is 10.8. The molecule has 4 aromatic rings. The number of benzene rings is 2. The van der Waals surface area contributed by atoms with Crippen molar-refractivity contribution in [1.82, 2.24) is 15.0 Å². The van der Waals surface area contributed by atoms with Gasteiger partial charge < -0.3 is 20.3 Å². The normalized spacial score (nSPS) is 13.1. The van der Waals surface area contributed by atoms with Crippen LogP contribution in [0.2, 0.25) is 0 Å². The second-order valence-electron chi connectivity index (χ2n) is 8.29. The topological polar surface area (TPSA) is 117 Å². The molecule has 8 nitrogen and oxygen atoms in total. The Hall–Kier alpha value is -4.03. The standard InChI is InChI=1S/C25H21F3N4O4S/c1-14-8-15(10-17(9-14)31-23-29-7-6-20(32-23)25(26,27)28)19-12-30-22(37-19)24(2,35)16-4-3-5-18(11-16)36-13-21(33)34/h3-12,35H,13H2,1-2H3,(H,33,34)(H,29,31,32). The number of carbonyl (C=O) groups is 1. The van der Waals surface area contributed by atoms with Crippen molar-refractivity contribution in [2.75, 3.05) is 11.9 Å². The zero-order valence-electron chi connectivity index (χ0n) is 19.6. The monoisotopic (exact) mass is 530 g/mol. The zero-order valence-corrected chi connectivity index (χ0v) is 20.4. The van der Waals surface area contributed by atoms with E-state index in [1.54, 1.807) is 49.5 Å². The number of aromatic nitrogens is 3. The molecule has 1 atom stereocenters. The maximum absolute atomic E-state index is 13.0. The average molecular weight is 531 g/mol. The van der Waals surface area contributed by atoms with Gasteiger partial charge in [0.2, 0.25) is 5.95 Å². The third kappa shape index (κ3) is 6.22. The Bertz CT molecular complexity index is 1440. The first kappa shape index (κ1) is 26.0. The van der Waals surface area contributed by atoms with Crippen LogP contribution in [0.3, 0.4) is 0 Å². The van der Waals surface area contributed by atoms with Crippen LogP contribution in [0.15, 0.2) is 60.9 Å². The van der Waals surface area contributed by atoms with Crippen LogP contribution < -0.4 is 10.1 Å². The van der Waals surface area contributed by atoms with Gasteiger partial charge in [-0.05, 0) is 60.9 Å². The number of nitrogens with one attached hydrogen (secondary N) is 1. The Labute approximate surface area is 213 Å². The Balaban J connectivity index is 1.59. The summed E-state index contributed by atoms with van der Waals surface area (Å²) >= 11 is 1.24. The smallest absolute Gasteiger partial charge is 0.433 e. The van der Waals surface area contributed by atoms with Crippen LogP contribution in [-0.2, 0) is 16.6 Å². The van der Waals surface area contributed by atoms with E-state index in [9.17, 15) is 23.1 Å². The van der Waals surface area contributed by atoms with Crippen molar-refractivity contribution in [3.8, 4) is 16.2 Å². The third-order valence-electron chi connectivity index (χ3n) is 5.24. The van der Waals surface area contributed by atoms with Crippen molar-refractivity contribution >= 4 is 28.9 Å². The molecule has 0 saturated heterocycles. The van der Waals surface area contributed by atoms with Gasteiger partial charge in [-0.2, -0.15) is 13.2 Å². The van der Waals surface area contributed by atoms with E-state index in [4.69, 9.17) is 9.84 Å². The maximum Gasteiger partial charge on any atom is 0.433 e. The Morgan fingerprint density at radius 2 is 1.92 bits per heavy atom. The molecule has 0 aliphatic carbocycles. The molecule has 0 saturated carbocycles. The van der Waals surface area contributed by atoms with Crippen LogP contribution in [0.5, 0.6) is 5.75 Å². The van der Waals surface area contributed by atoms with Crippen molar-refractivity contribution in [2.45, 2.75) is 25.6 Å². The van der Waals surface area contributed by atoms with Crippen LogP contribution in [0.4, 0.5) is 24.8 Å². The number of alkyl halides is 3. The van der Waals surface area contributed by atoms with Crippen molar-refractivity contribution in [3.05, 3.63) is 82.8 Å². The van der Waals surface area contributed by atoms with Crippen LogP contribution in [0, 0.1) is 6.92 Å². The van der Waals surface area contributed by atoms with Gasteiger partial charge in [0.15, 0.2) is 6.61 Å². The average Bonchev–Trinajstić information content (AvgIpc) is 3.34. The van der Waals surface area contributed by atoms with E-state index in [1.165, 1.54) is 11.3 Å². The van der Waals surface area contributed by atoms with Crippen LogP contribution in [0.25, 0.3) is 10.4 Å². The van der Waals surface area contributed by atoms with Gasteiger partial charge in [-0.3, -0.25) is 0 Å². The second-order valence-corrected chi connectivity index (χ2v) is 9.32. The molecule has 0 amide bonds. The molecule has 1 unspecified atom stereocenters. The first-order chi connectivity index (χ1) is 17.4. The Kier molecular flexibility index (Phi) is 7.14. The summed E-state index contributed by atoms with van der Waals surface area (Å²) in [6.45, 7) is 2.89. The summed E-state index contributed by atoms with van der Waals surface area (Å²) < 4.78 is 44.2. The number of ether oxygens (including phenoxy) is 1. The minimum absolute atomic E-state index is 0.190. The largest absolute Gasteiger partial charge is 0.482 e. The molecule has 4 rings (SSSR count). The van der Waals surface area contributed by atoms with Crippen LogP contribution in [0.1, 0.15) is 28.8 Å². The highest BCUT2D eigenvalue weighted by Gasteiger charge is 2.33. The van der Waals surface area contributed by atoms with E-state index < -0.39 is 30.0 Å². The summed E-state index contributed by atoms with van der Waals surface area (Å²) in [6, 6.07) is 12.6. The molecule has 3 N–H and O–H groups in total. The van der Waals surface area contributed by atoms with E-state index in [0.717, 1.165) is 23.4 Å². The van der Waals surface area contributed by atoms with Gasteiger partial charge in [-0.1, -0.05) is 18.2 Å². The van der Waals surface area contributed by atoms with E-state index in [0.29, 0.717) is 26.9 Å². The molecule has 192 valence electrons. The van der Waals surface area contributed by atoms with E-state index in [-0.39, 0.29) is 5.95 Å². The lowest BCUT2D eigenvalue weighted by Gasteiger charge is -2.21. The van der Waals surface area contributed by atoms with E-state index in [2.05, 4.69) is 20.3 Å². The second kappa shape index (κ2) is 10.1. The lowest BCUT2D eigenvalue weighted by molar-refractivity contribution is -0.141. The number of thiazole rings is 1. The number of carboxylic acid groups (broad SMARTS) is 1. The minimum Gasteiger partial charge on any atom is -0.482 e. The number of hydrogen-bond donors (Lipinski definition) is 3. The molecule has 0 aliphatic rings. The summed E-state index contributed by atoms with van der Waals surface area (Å²) in [5.41, 5.74) is -0.0412. The van der Waals surface area contributed by atoms with Gasteiger partial charge in [-0.25, -0.2) is 19.7 Å². The molecular formula is C25H21F3N4O4S. The number of rotatable bonds is 8. The SMILES string of the molecule is Cc1cc(Nc2nccc(C(F)(F)F)n2)cc(-c2cnc(C(C)(O)c3cccc(OCC(=O)O)c3)s2)c1. The van der Waals surface area contributed by atoms with Gasteiger partial charge in [-0.15, -0.1) is 11.3 Å². The molecular weight excluding hydrogens is 509 g/mol. The van der Waals surface area contributed by atoms with Gasteiger partial charge in [0.1, 0.15) is 22.1 Å². The first-order valence-corrected chi connectivity index (χ1v) is 11.7. The summed E-state index contributed by atoms with van der Waals surface area (Å²) in [7, 11) is 0. The number of halogens is 3. The third-order valence-corrected chi connectivity index (χ3v) is 6.50. The number of carboxylic acids is 1. The van der Waals surface area contributed by atoms with Gasteiger partial charge >= 0.3 is 12.1 Å². The highest BCUT2D eigenvalue weighted by molar-refractivity contribution is 7.15. The summed E-state index contributed by atoms with van der Waals surface area (Å²) in [4.78, 5) is 23.3. The number of aliphatic hydroxyl groups is 1. The van der Waals surface area contributed by atoms with Crippen LogP contribution in [-0.4, -0.2) is 37.7 Å². The number of hydrogen-bond acceptors (Lipinski definition) is 8. The fourth-order valence-electron chi connectivity index (χ4n) is 3.49. The Morgan fingerprint density at radius 3 is 2.65 bits per heavy atom. The maximum atomic E-state index is 13.0. The molecule has 2 aromatic heterocycles. The van der Waals surface area contributed by atoms with Crippen molar-refractivity contribution in [1.29, 1.82) is 0 Å². The summed E-state index contributed by atoms with van der Waals surface area (Å²) in [5.74, 6) is -1.01. The van der Waals surface area contributed by atoms with Gasteiger partial charge in [0.25, 0.3) is 0 Å². The highest BCUT2D eigenvalue weighted by Crippen LogP contribution is 2.38. The summed E-state index contributed by atoms with van der Waals surface area (Å²) in [5, 5.41) is 23.3. The number of aliphatic carboxylic acids is 1. The van der Waals surface area contributed by atoms with Gasteiger partial charge in [0, 0.05) is 18.1 Å². The quantitative estimate of drug-likeness (QED) is 0.278. The number of aryl methyl sites for hydroxylation is 1. The van der Waals surface area contributed by atoms with E-state index >= 15 is 0 Å². The molecule has 2 aromatic carbocycles. The zero-order chi connectivity index (χ0) is 26.8. The fourth-order valence-corrected chi connectivity index (χ4v) is 4.46. The molecule has 0 fully saturated rings. The molecule has 2 heterocycles. The highest BCUT2D eigenvalue weighted by atomic mass is 32.1. The van der Waals surface area contributed by atoms with Crippen molar-refractivity contribution in [3.63, 3.8) is 0 Å². The van der Waals surface area contributed by atoms with Crippen molar-refractivity contribution < 1.29 is 32.9 Å². The van der Waals surface area contributed by atoms with Gasteiger partial charge in [0.05, 0.1) is 4.88 Å². The van der Waals surface area contributed by atoms with Crippen molar-refractivity contribution in [2.24, 2.45) is 0 Å². The molecule has 0 radical (unpaired) electrons. The molecule has 0 bridgehead atoms. The lowest BCUT2D eigenvalue weighted by atomic mass is 9.96. The van der Waals surface area contributed by atoms with Crippen LogP contribution >= 0.6 is 11.3 Å². The molecule has 12 heteroatoms. The molecule has 37 heavy (non-hydrogen) atoms. The lowest BCUT2D eigenvalue weighted by Crippen LogP contribution is -2.22. The fraction of sp³-hybridized carbons (Fsp3) is 0.200.